The van der Waals surface area contributed by atoms with E-state index >= 15 is 0 Å². The number of hydrogen-bond acceptors (Lipinski definition) is 3. The fourth-order valence-electron chi connectivity index (χ4n) is 3.00. The van der Waals surface area contributed by atoms with E-state index in [0.29, 0.717) is 18.1 Å². The van der Waals surface area contributed by atoms with Crippen LogP contribution in [0.25, 0.3) is 0 Å². The van der Waals surface area contributed by atoms with Crippen molar-refractivity contribution in [2.45, 2.75) is 58.2 Å². The first-order valence-electron chi connectivity index (χ1n) is 7.91. The molecule has 3 heteroatoms. The second-order valence-electron chi connectivity index (χ2n) is 5.82. The van der Waals surface area contributed by atoms with Crippen molar-refractivity contribution in [1.29, 1.82) is 0 Å². The highest BCUT2D eigenvalue weighted by molar-refractivity contribution is 5.28. The molecule has 1 aromatic rings. The van der Waals surface area contributed by atoms with Crippen molar-refractivity contribution in [3.63, 3.8) is 0 Å². The van der Waals surface area contributed by atoms with Gasteiger partial charge in [0.15, 0.2) is 0 Å². The van der Waals surface area contributed by atoms with Crippen LogP contribution in [-0.2, 0) is 0 Å². The lowest BCUT2D eigenvalue weighted by Gasteiger charge is -2.23. The molecular weight excluding hydrogens is 248 g/mol. The van der Waals surface area contributed by atoms with Gasteiger partial charge in [0.1, 0.15) is 5.75 Å². The summed E-state index contributed by atoms with van der Waals surface area (Å²) in [6, 6.07) is 10.0. The molecule has 3 unspecified atom stereocenters. The van der Waals surface area contributed by atoms with Crippen molar-refractivity contribution >= 4 is 0 Å². The van der Waals surface area contributed by atoms with Crippen LogP contribution >= 0.6 is 0 Å². The van der Waals surface area contributed by atoms with Crippen LogP contribution in [0.3, 0.4) is 0 Å². The largest absolute Gasteiger partial charge is 0.494 e. The van der Waals surface area contributed by atoms with Crippen molar-refractivity contribution in [2.24, 2.45) is 0 Å². The van der Waals surface area contributed by atoms with Gasteiger partial charge in [-0.15, -0.1) is 0 Å². The zero-order valence-electron chi connectivity index (χ0n) is 13.0. The maximum absolute atomic E-state index is 5.48. The minimum absolute atomic E-state index is 0.377. The average Bonchev–Trinajstić information content (AvgIpc) is 2.92. The van der Waals surface area contributed by atoms with Crippen LogP contribution < -0.4 is 15.4 Å². The Hall–Kier alpha value is -1.06. The minimum Gasteiger partial charge on any atom is -0.494 e. The van der Waals surface area contributed by atoms with Crippen molar-refractivity contribution in [3.05, 3.63) is 29.8 Å². The van der Waals surface area contributed by atoms with Crippen molar-refractivity contribution in [3.8, 4) is 5.75 Å². The van der Waals surface area contributed by atoms with Gasteiger partial charge in [-0.05, 0) is 64.3 Å². The second kappa shape index (κ2) is 7.65. The van der Waals surface area contributed by atoms with Gasteiger partial charge in [-0.3, -0.25) is 0 Å². The SMILES string of the molecule is CCOc1ccc(C(C)NC(C)CC2CCCN2)cc1. The molecule has 3 atom stereocenters. The summed E-state index contributed by atoms with van der Waals surface area (Å²) in [5.74, 6) is 0.951. The normalized spacial score (nSPS) is 21.6. The molecule has 0 aliphatic carbocycles. The van der Waals surface area contributed by atoms with E-state index in [1.165, 1.54) is 31.4 Å². The molecule has 1 saturated heterocycles. The number of hydrogen-bond donors (Lipinski definition) is 2. The first kappa shape index (κ1) is 15.3. The number of nitrogens with one attached hydrogen (secondary N) is 2. The van der Waals surface area contributed by atoms with E-state index in [9.17, 15) is 0 Å². The molecule has 20 heavy (non-hydrogen) atoms. The zero-order valence-corrected chi connectivity index (χ0v) is 13.0. The van der Waals surface area contributed by atoms with Crippen LogP contribution in [0, 0.1) is 0 Å². The van der Waals surface area contributed by atoms with Crippen molar-refractivity contribution in [2.75, 3.05) is 13.2 Å². The number of benzene rings is 1. The fraction of sp³-hybridized carbons (Fsp3) is 0.647. The Bertz CT molecular complexity index is 384. The van der Waals surface area contributed by atoms with E-state index in [4.69, 9.17) is 4.74 Å². The Morgan fingerprint density at radius 2 is 2.05 bits per heavy atom. The molecule has 2 N–H and O–H groups in total. The summed E-state index contributed by atoms with van der Waals surface area (Å²) < 4.78 is 5.48. The number of rotatable bonds is 7. The molecule has 1 aliphatic rings. The zero-order chi connectivity index (χ0) is 14.4. The van der Waals surface area contributed by atoms with Gasteiger partial charge in [0.2, 0.25) is 0 Å². The van der Waals surface area contributed by atoms with Crippen LogP contribution in [0.5, 0.6) is 5.75 Å². The van der Waals surface area contributed by atoms with Gasteiger partial charge in [-0.2, -0.15) is 0 Å². The van der Waals surface area contributed by atoms with Gasteiger partial charge in [0.05, 0.1) is 6.61 Å². The summed E-state index contributed by atoms with van der Waals surface area (Å²) in [6.45, 7) is 8.43. The molecule has 0 saturated carbocycles. The second-order valence-corrected chi connectivity index (χ2v) is 5.82. The lowest BCUT2D eigenvalue weighted by Crippen LogP contribution is -2.35. The molecule has 0 aromatic heterocycles. The van der Waals surface area contributed by atoms with E-state index in [1.807, 2.05) is 6.92 Å². The molecule has 2 rings (SSSR count). The summed E-state index contributed by atoms with van der Waals surface area (Å²) in [4.78, 5) is 0. The molecule has 0 bridgehead atoms. The van der Waals surface area contributed by atoms with Gasteiger partial charge in [0.25, 0.3) is 0 Å². The maximum atomic E-state index is 5.48. The molecular formula is C17H28N2O. The first-order valence-corrected chi connectivity index (χ1v) is 7.91. The monoisotopic (exact) mass is 276 g/mol. The minimum atomic E-state index is 0.377. The van der Waals surface area contributed by atoms with Gasteiger partial charge in [-0.1, -0.05) is 12.1 Å². The van der Waals surface area contributed by atoms with Crippen LogP contribution in [0.4, 0.5) is 0 Å². The molecule has 1 fully saturated rings. The lowest BCUT2D eigenvalue weighted by molar-refractivity contribution is 0.340. The van der Waals surface area contributed by atoms with E-state index in [-0.39, 0.29) is 0 Å². The van der Waals surface area contributed by atoms with E-state index in [2.05, 4.69) is 48.7 Å². The summed E-state index contributed by atoms with van der Waals surface area (Å²) in [5.41, 5.74) is 1.32. The Kier molecular flexibility index (Phi) is 5.86. The summed E-state index contributed by atoms with van der Waals surface area (Å²) in [5, 5.41) is 7.26. The maximum Gasteiger partial charge on any atom is 0.119 e. The molecule has 112 valence electrons. The summed E-state index contributed by atoms with van der Waals surface area (Å²) in [7, 11) is 0. The lowest BCUT2D eigenvalue weighted by atomic mass is 10.0. The van der Waals surface area contributed by atoms with Gasteiger partial charge >= 0.3 is 0 Å². The highest BCUT2D eigenvalue weighted by Crippen LogP contribution is 2.19. The first-order chi connectivity index (χ1) is 9.69. The topological polar surface area (TPSA) is 33.3 Å². The van der Waals surface area contributed by atoms with E-state index < -0.39 is 0 Å². The van der Waals surface area contributed by atoms with Gasteiger partial charge in [0, 0.05) is 18.1 Å². The predicted molar refractivity (Wildman–Crippen MR) is 84.3 cm³/mol. The van der Waals surface area contributed by atoms with Crippen LogP contribution in [0.2, 0.25) is 0 Å². The molecule has 3 nitrogen and oxygen atoms in total. The third-order valence-corrected chi connectivity index (χ3v) is 4.03. The molecule has 0 spiro atoms. The standard InChI is InChI=1S/C17H28N2O/c1-4-20-17-9-7-15(8-10-17)14(3)19-13(2)12-16-6-5-11-18-16/h7-10,13-14,16,18-19H,4-6,11-12H2,1-3H3. The summed E-state index contributed by atoms with van der Waals surface area (Å²) >= 11 is 0. The third kappa shape index (κ3) is 4.50. The smallest absolute Gasteiger partial charge is 0.119 e. The van der Waals surface area contributed by atoms with E-state index in [1.54, 1.807) is 0 Å². The van der Waals surface area contributed by atoms with Gasteiger partial charge in [-0.25, -0.2) is 0 Å². The highest BCUT2D eigenvalue weighted by Gasteiger charge is 2.18. The van der Waals surface area contributed by atoms with Crippen LogP contribution in [0.15, 0.2) is 24.3 Å². The quantitative estimate of drug-likeness (QED) is 0.802. The Morgan fingerprint density at radius 1 is 1.30 bits per heavy atom. The molecule has 1 heterocycles. The predicted octanol–water partition coefficient (Wildman–Crippen LogP) is 3.27. The van der Waals surface area contributed by atoms with Gasteiger partial charge < -0.3 is 15.4 Å². The number of ether oxygens (including phenoxy) is 1. The Labute approximate surface area is 123 Å². The Morgan fingerprint density at radius 3 is 2.65 bits per heavy atom. The molecule has 1 aliphatic heterocycles. The average molecular weight is 276 g/mol. The van der Waals surface area contributed by atoms with Crippen molar-refractivity contribution < 1.29 is 4.74 Å². The Balaban J connectivity index is 1.81. The van der Waals surface area contributed by atoms with Crippen LogP contribution in [0.1, 0.15) is 51.6 Å². The highest BCUT2D eigenvalue weighted by atomic mass is 16.5. The van der Waals surface area contributed by atoms with Crippen molar-refractivity contribution in [1.82, 2.24) is 10.6 Å². The molecule has 0 radical (unpaired) electrons. The molecule has 0 amide bonds. The summed E-state index contributed by atoms with van der Waals surface area (Å²) in [6.07, 6.45) is 3.86. The third-order valence-electron chi connectivity index (χ3n) is 4.03. The molecule has 1 aromatic carbocycles. The fourth-order valence-corrected chi connectivity index (χ4v) is 3.00. The van der Waals surface area contributed by atoms with Crippen LogP contribution in [-0.4, -0.2) is 25.2 Å². The van der Waals surface area contributed by atoms with E-state index in [0.717, 1.165) is 12.4 Å².